The highest BCUT2D eigenvalue weighted by atomic mass is 35.5. The van der Waals surface area contributed by atoms with Gasteiger partial charge in [0.2, 0.25) is 5.95 Å². The Morgan fingerprint density at radius 2 is 2.32 bits per heavy atom. The number of H-pyrrole nitrogens is 1. The molecule has 4 N–H and O–H groups in total. The molecule has 0 aromatic carbocycles. The summed E-state index contributed by atoms with van der Waals surface area (Å²) in [5.74, 6) is 0.571. The van der Waals surface area contributed by atoms with E-state index in [-0.39, 0.29) is 6.04 Å². The minimum Gasteiger partial charge on any atom is -0.351 e. The zero-order chi connectivity index (χ0) is 13.2. The van der Waals surface area contributed by atoms with E-state index in [4.69, 9.17) is 17.3 Å². The van der Waals surface area contributed by atoms with Crippen molar-refractivity contribution in [1.29, 1.82) is 0 Å². The molecule has 0 saturated heterocycles. The van der Waals surface area contributed by atoms with Crippen molar-refractivity contribution < 1.29 is 0 Å². The summed E-state index contributed by atoms with van der Waals surface area (Å²) in [5.41, 5.74) is 7.23. The van der Waals surface area contributed by atoms with Crippen LogP contribution < -0.4 is 11.1 Å². The highest BCUT2D eigenvalue weighted by Crippen LogP contribution is 2.25. The molecule has 1 saturated carbocycles. The molecule has 0 aliphatic heterocycles. The minimum absolute atomic E-state index is 0.274. The third kappa shape index (κ3) is 2.69. The standard InChI is InChI=1S/C12H15ClN6/c13-9-6-15-12(17-8-2-1-7(14)5-8)18-11(9)10-3-4-16-19-10/h3-4,6-8H,1-2,5,14H2,(H,16,19)(H,15,17,18)/t7-,8+/m1/s1. The lowest BCUT2D eigenvalue weighted by Gasteiger charge is -2.12. The highest BCUT2D eigenvalue weighted by Gasteiger charge is 2.22. The Balaban J connectivity index is 1.81. The number of nitrogens with two attached hydrogens (primary N) is 1. The number of aromatic amines is 1. The molecule has 3 rings (SSSR count). The maximum atomic E-state index is 6.10. The van der Waals surface area contributed by atoms with Crippen LogP contribution in [-0.4, -0.2) is 32.2 Å². The van der Waals surface area contributed by atoms with E-state index >= 15 is 0 Å². The van der Waals surface area contributed by atoms with Gasteiger partial charge in [-0.05, 0) is 25.3 Å². The van der Waals surface area contributed by atoms with Gasteiger partial charge in [0.05, 0.1) is 11.2 Å². The number of nitrogens with zero attached hydrogens (tertiary/aromatic N) is 3. The number of rotatable bonds is 3. The summed E-state index contributed by atoms with van der Waals surface area (Å²) in [5, 5.41) is 10.6. The van der Waals surface area contributed by atoms with Crippen LogP contribution >= 0.6 is 11.6 Å². The fraction of sp³-hybridized carbons (Fsp3) is 0.417. The van der Waals surface area contributed by atoms with Crippen molar-refractivity contribution in [1.82, 2.24) is 20.2 Å². The molecule has 6 nitrogen and oxygen atoms in total. The second kappa shape index (κ2) is 5.14. The van der Waals surface area contributed by atoms with Crippen molar-refractivity contribution in [2.45, 2.75) is 31.3 Å². The zero-order valence-corrected chi connectivity index (χ0v) is 11.1. The third-order valence-corrected chi connectivity index (χ3v) is 3.57. The van der Waals surface area contributed by atoms with Crippen LogP contribution in [0.25, 0.3) is 11.4 Å². The molecule has 2 heterocycles. The molecule has 2 aromatic heterocycles. The van der Waals surface area contributed by atoms with Crippen LogP contribution in [0.2, 0.25) is 5.02 Å². The van der Waals surface area contributed by atoms with Gasteiger partial charge in [0, 0.05) is 18.3 Å². The van der Waals surface area contributed by atoms with Gasteiger partial charge in [0.1, 0.15) is 11.4 Å². The molecular formula is C12H15ClN6. The van der Waals surface area contributed by atoms with Crippen LogP contribution in [0.5, 0.6) is 0 Å². The normalized spacial score (nSPS) is 22.6. The lowest BCUT2D eigenvalue weighted by atomic mass is 10.2. The van der Waals surface area contributed by atoms with E-state index in [0.29, 0.717) is 28.4 Å². The van der Waals surface area contributed by atoms with Gasteiger partial charge in [0.15, 0.2) is 0 Å². The Hall–Kier alpha value is -1.66. The number of hydrogen-bond acceptors (Lipinski definition) is 5. The van der Waals surface area contributed by atoms with Gasteiger partial charge in [-0.15, -0.1) is 0 Å². The first-order chi connectivity index (χ1) is 9.22. The average Bonchev–Trinajstić information content (AvgIpc) is 3.03. The van der Waals surface area contributed by atoms with Gasteiger partial charge < -0.3 is 11.1 Å². The van der Waals surface area contributed by atoms with Crippen LogP contribution in [0, 0.1) is 0 Å². The molecule has 0 amide bonds. The number of hydrogen-bond donors (Lipinski definition) is 3. The number of nitrogens with one attached hydrogen (secondary N) is 2. The van der Waals surface area contributed by atoms with Crippen LogP contribution in [0.4, 0.5) is 5.95 Å². The molecule has 1 aliphatic carbocycles. The van der Waals surface area contributed by atoms with Crippen molar-refractivity contribution in [2.24, 2.45) is 5.73 Å². The van der Waals surface area contributed by atoms with Crippen LogP contribution in [0.1, 0.15) is 19.3 Å². The van der Waals surface area contributed by atoms with Gasteiger partial charge in [-0.3, -0.25) is 5.10 Å². The Kier molecular flexibility index (Phi) is 3.35. The topological polar surface area (TPSA) is 92.5 Å². The number of halogens is 1. The Bertz CT molecular complexity index is 555. The monoisotopic (exact) mass is 278 g/mol. The summed E-state index contributed by atoms with van der Waals surface area (Å²) in [7, 11) is 0. The SMILES string of the molecule is N[C@@H]1CC[C@H](Nc2ncc(Cl)c(-c3cc[nH]n3)n2)C1. The van der Waals surface area contributed by atoms with Crippen molar-refractivity contribution in [3.63, 3.8) is 0 Å². The van der Waals surface area contributed by atoms with E-state index in [1.165, 1.54) is 0 Å². The van der Waals surface area contributed by atoms with E-state index in [0.717, 1.165) is 19.3 Å². The van der Waals surface area contributed by atoms with Crippen LogP contribution in [-0.2, 0) is 0 Å². The molecule has 19 heavy (non-hydrogen) atoms. The molecule has 0 spiro atoms. The fourth-order valence-electron chi connectivity index (χ4n) is 2.34. The maximum Gasteiger partial charge on any atom is 0.223 e. The predicted molar refractivity (Wildman–Crippen MR) is 73.9 cm³/mol. The second-order valence-corrected chi connectivity index (χ2v) is 5.17. The summed E-state index contributed by atoms with van der Waals surface area (Å²) in [6.07, 6.45) is 6.36. The van der Waals surface area contributed by atoms with Gasteiger partial charge in [-0.25, -0.2) is 9.97 Å². The first-order valence-corrected chi connectivity index (χ1v) is 6.65. The molecule has 2 atom stereocenters. The van der Waals surface area contributed by atoms with Crippen molar-refractivity contribution >= 4 is 17.5 Å². The first-order valence-electron chi connectivity index (χ1n) is 6.27. The molecule has 7 heteroatoms. The fourth-order valence-corrected chi connectivity index (χ4v) is 2.53. The molecule has 2 aromatic rings. The van der Waals surface area contributed by atoms with Crippen LogP contribution in [0.15, 0.2) is 18.5 Å². The lowest BCUT2D eigenvalue weighted by Crippen LogP contribution is -2.21. The smallest absolute Gasteiger partial charge is 0.223 e. The quantitative estimate of drug-likeness (QED) is 0.796. The van der Waals surface area contributed by atoms with Gasteiger partial charge in [-0.2, -0.15) is 5.10 Å². The van der Waals surface area contributed by atoms with Gasteiger partial charge in [-0.1, -0.05) is 11.6 Å². The summed E-state index contributed by atoms with van der Waals surface area (Å²) in [6, 6.07) is 2.43. The minimum atomic E-state index is 0.274. The highest BCUT2D eigenvalue weighted by molar-refractivity contribution is 6.32. The van der Waals surface area contributed by atoms with E-state index in [1.807, 2.05) is 6.07 Å². The van der Waals surface area contributed by atoms with Gasteiger partial charge in [0.25, 0.3) is 0 Å². The largest absolute Gasteiger partial charge is 0.351 e. The molecule has 1 aliphatic rings. The van der Waals surface area contributed by atoms with Crippen molar-refractivity contribution in [3.05, 3.63) is 23.5 Å². The predicted octanol–water partition coefficient (Wildman–Crippen LogP) is 1.81. The van der Waals surface area contributed by atoms with Crippen molar-refractivity contribution in [3.8, 4) is 11.4 Å². The van der Waals surface area contributed by atoms with E-state index in [1.54, 1.807) is 12.4 Å². The lowest BCUT2D eigenvalue weighted by molar-refractivity contribution is 0.685. The second-order valence-electron chi connectivity index (χ2n) is 4.76. The van der Waals surface area contributed by atoms with Crippen molar-refractivity contribution in [2.75, 3.05) is 5.32 Å². The Morgan fingerprint density at radius 3 is 3.00 bits per heavy atom. The van der Waals surface area contributed by atoms with Crippen LogP contribution in [0.3, 0.4) is 0 Å². The molecule has 0 bridgehead atoms. The Morgan fingerprint density at radius 1 is 1.42 bits per heavy atom. The molecule has 100 valence electrons. The van der Waals surface area contributed by atoms with E-state index < -0.39 is 0 Å². The number of aromatic nitrogens is 4. The molecular weight excluding hydrogens is 264 g/mol. The zero-order valence-electron chi connectivity index (χ0n) is 10.3. The molecule has 1 fully saturated rings. The number of anilines is 1. The summed E-state index contributed by atoms with van der Waals surface area (Å²) >= 11 is 6.10. The van der Waals surface area contributed by atoms with E-state index in [2.05, 4.69) is 25.5 Å². The summed E-state index contributed by atoms with van der Waals surface area (Å²) < 4.78 is 0. The van der Waals surface area contributed by atoms with Gasteiger partial charge >= 0.3 is 0 Å². The average molecular weight is 279 g/mol. The maximum absolute atomic E-state index is 6.10. The van der Waals surface area contributed by atoms with E-state index in [9.17, 15) is 0 Å². The summed E-state index contributed by atoms with van der Waals surface area (Å²) in [6.45, 7) is 0. The molecule has 0 unspecified atom stereocenters. The first kappa shape index (κ1) is 12.4. The summed E-state index contributed by atoms with van der Waals surface area (Å²) in [4.78, 5) is 8.63. The Labute approximate surface area is 115 Å². The third-order valence-electron chi connectivity index (χ3n) is 3.29. The molecule has 0 radical (unpaired) electrons.